The Morgan fingerprint density at radius 1 is 1.18 bits per heavy atom. The summed E-state index contributed by atoms with van der Waals surface area (Å²) in [5.74, 6) is 0.212. The molecule has 1 fully saturated rings. The monoisotopic (exact) mass is 325 g/mol. The van der Waals surface area contributed by atoms with Gasteiger partial charge >= 0.3 is 0 Å². The van der Waals surface area contributed by atoms with Gasteiger partial charge in [0.05, 0.1) is 10.1 Å². The van der Waals surface area contributed by atoms with E-state index in [9.17, 15) is 8.42 Å². The molecule has 1 aromatic rings. The second-order valence-electron chi connectivity index (χ2n) is 6.44. The number of hydrogen-bond donors (Lipinski definition) is 2. The first-order valence-corrected chi connectivity index (χ1v) is 9.68. The van der Waals surface area contributed by atoms with Gasteiger partial charge in [-0.15, -0.1) is 0 Å². The summed E-state index contributed by atoms with van der Waals surface area (Å²) in [6.07, 6.45) is 3.63. The Morgan fingerprint density at radius 3 is 2.32 bits per heavy atom. The molecule has 0 amide bonds. The summed E-state index contributed by atoms with van der Waals surface area (Å²) >= 11 is 0. The molecule has 0 bridgehead atoms. The number of aliphatic hydroxyl groups excluding tert-OH is 1. The zero-order valence-electron chi connectivity index (χ0n) is 13.5. The largest absolute Gasteiger partial charge is 0.396 e. The molecule has 2 rings (SSSR count). The lowest BCUT2D eigenvalue weighted by atomic mass is 10.1. The average Bonchev–Trinajstić information content (AvgIpc) is 3.07. The fourth-order valence-electron chi connectivity index (χ4n) is 2.90. The number of nitrogens with one attached hydrogen (secondary N) is 1. The highest BCUT2D eigenvalue weighted by Crippen LogP contribution is 2.30. The fourth-order valence-corrected chi connectivity index (χ4v) is 4.75. The lowest BCUT2D eigenvalue weighted by molar-refractivity contribution is 0.231. The standard InChI is InChI=1S/C17H27NO3S/c1-13(12-19)11-18-14(2)15-7-9-17(10-8-15)22(20,21)16-5-3-4-6-16/h7-10,13-14,16,18-19H,3-6,11-12H2,1-2H3. The van der Waals surface area contributed by atoms with E-state index in [2.05, 4.69) is 5.32 Å². The van der Waals surface area contributed by atoms with Crippen LogP contribution in [-0.4, -0.2) is 31.9 Å². The molecule has 1 aliphatic rings. The summed E-state index contributed by atoms with van der Waals surface area (Å²) in [6.45, 7) is 4.93. The van der Waals surface area contributed by atoms with Crippen molar-refractivity contribution >= 4 is 9.84 Å². The Labute approximate surface area is 133 Å². The topological polar surface area (TPSA) is 66.4 Å². The maximum atomic E-state index is 12.5. The summed E-state index contributed by atoms with van der Waals surface area (Å²) in [4.78, 5) is 0.444. The second-order valence-corrected chi connectivity index (χ2v) is 8.67. The second kappa shape index (κ2) is 7.57. The summed E-state index contributed by atoms with van der Waals surface area (Å²) in [6, 6.07) is 7.39. The van der Waals surface area contributed by atoms with Crippen LogP contribution >= 0.6 is 0 Å². The third kappa shape index (κ3) is 4.09. The Balaban J connectivity index is 2.03. The summed E-state index contributed by atoms with van der Waals surface area (Å²) in [5.41, 5.74) is 1.07. The molecule has 0 aliphatic heterocycles. The van der Waals surface area contributed by atoms with Gasteiger partial charge in [0, 0.05) is 19.2 Å². The fraction of sp³-hybridized carbons (Fsp3) is 0.647. The first-order valence-electron chi connectivity index (χ1n) is 8.13. The summed E-state index contributed by atoms with van der Waals surface area (Å²) in [7, 11) is -3.16. The van der Waals surface area contributed by atoms with E-state index < -0.39 is 9.84 Å². The molecule has 0 aromatic heterocycles. The van der Waals surface area contributed by atoms with Crippen molar-refractivity contribution < 1.29 is 13.5 Å². The molecular weight excluding hydrogens is 298 g/mol. The van der Waals surface area contributed by atoms with Gasteiger partial charge < -0.3 is 10.4 Å². The highest BCUT2D eigenvalue weighted by atomic mass is 32.2. The Bertz CT molecular complexity index is 562. The summed E-state index contributed by atoms with van der Waals surface area (Å²) < 4.78 is 25.1. The van der Waals surface area contributed by atoms with Crippen molar-refractivity contribution in [3.63, 3.8) is 0 Å². The van der Waals surface area contributed by atoms with Crippen LogP contribution in [0, 0.1) is 5.92 Å². The molecule has 0 spiro atoms. The van der Waals surface area contributed by atoms with Gasteiger partial charge in [-0.1, -0.05) is 31.9 Å². The van der Waals surface area contributed by atoms with Crippen molar-refractivity contribution in [1.29, 1.82) is 0 Å². The van der Waals surface area contributed by atoms with E-state index >= 15 is 0 Å². The zero-order valence-corrected chi connectivity index (χ0v) is 14.3. The van der Waals surface area contributed by atoms with Crippen LogP contribution in [0.1, 0.15) is 51.1 Å². The minimum Gasteiger partial charge on any atom is -0.396 e. The maximum absolute atomic E-state index is 12.5. The van der Waals surface area contributed by atoms with Gasteiger partial charge in [-0.3, -0.25) is 0 Å². The van der Waals surface area contributed by atoms with Crippen LogP contribution in [0.25, 0.3) is 0 Å². The molecule has 1 aromatic carbocycles. The third-order valence-corrected chi connectivity index (χ3v) is 6.81. The molecule has 124 valence electrons. The third-order valence-electron chi connectivity index (χ3n) is 4.53. The van der Waals surface area contributed by atoms with Gasteiger partial charge in [-0.25, -0.2) is 8.42 Å². The quantitative estimate of drug-likeness (QED) is 0.809. The lowest BCUT2D eigenvalue weighted by Crippen LogP contribution is -2.26. The molecule has 0 saturated heterocycles. The number of rotatable bonds is 7. The molecule has 4 nitrogen and oxygen atoms in total. The van der Waals surface area contributed by atoms with E-state index in [1.54, 1.807) is 12.1 Å². The molecule has 2 N–H and O–H groups in total. The van der Waals surface area contributed by atoms with Gasteiger partial charge in [0.1, 0.15) is 0 Å². The highest BCUT2D eigenvalue weighted by Gasteiger charge is 2.30. The normalized spacial score (nSPS) is 19.2. The van der Waals surface area contributed by atoms with Crippen LogP contribution in [0.2, 0.25) is 0 Å². The molecule has 5 heteroatoms. The molecule has 2 unspecified atom stereocenters. The van der Waals surface area contributed by atoms with Crippen LogP contribution in [0.4, 0.5) is 0 Å². The average molecular weight is 325 g/mol. The minimum absolute atomic E-state index is 0.136. The van der Waals surface area contributed by atoms with Gasteiger partial charge in [-0.05, 0) is 43.4 Å². The molecule has 1 saturated carbocycles. The number of benzene rings is 1. The first-order chi connectivity index (χ1) is 10.4. The van der Waals surface area contributed by atoms with Crippen molar-refractivity contribution in [3.8, 4) is 0 Å². The van der Waals surface area contributed by atoms with Crippen LogP contribution in [0.15, 0.2) is 29.2 Å². The number of hydrogen-bond acceptors (Lipinski definition) is 4. The van der Waals surface area contributed by atoms with Crippen molar-refractivity contribution in [1.82, 2.24) is 5.32 Å². The van der Waals surface area contributed by atoms with E-state index in [1.165, 1.54) is 0 Å². The van der Waals surface area contributed by atoms with Crippen molar-refractivity contribution in [3.05, 3.63) is 29.8 Å². The van der Waals surface area contributed by atoms with E-state index in [0.717, 1.165) is 37.8 Å². The van der Waals surface area contributed by atoms with Gasteiger partial charge in [0.25, 0.3) is 0 Å². The SMILES string of the molecule is CC(CO)CNC(C)c1ccc(S(=O)(=O)C2CCCC2)cc1. The summed E-state index contributed by atoms with van der Waals surface area (Å²) in [5, 5.41) is 12.2. The molecule has 0 heterocycles. The zero-order chi connectivity index (χ0) is 16.2. The maximum Gasteiger partial charge on any atom is 0.181 e. The van der Waals surface area contributed by atoms with E-state index in [-0.39, 0.29) is 23.8 Å². The molecule has 1 aliphatic carbocycles. The lowest BCUT2D eigenvalue weighted by Gasteiger charge is -2.18. The molecule has 22 heavy (non-hydrogen) atoms. The Morgan fingerprint density at radius 2 is 1.77 bits per heavy atom. The van der Waals surface area contributed by atoms with E-state index in [1.807, 2.05) is 26.0 Å². The van der Waals surface area contributed by atoms with Gasteiger partial charge in [0.2, 0.25) is 0 Å². The molecule has 0 radical (unpaired) electrons. The van der Waals surface area contributed by atoms with Crippen LogP contribution in [-0.2, 0) is 9.84 Å². The predicted octanol–water partition coefficient (Wildman–Crippen LogP) is 2.68. The van der Waals surface area contributed by atoms with E-state index in [0.29, 0.717) is 4.90 Å². The highest BCUT2D eigenvalue weighted by molar-refractivity contribution is 7.92. The number of sulfone groups is 1. The molecular formula is C17H27NO3S. The predicted molar refractivity (Wildman–Crippen MR) is 88.6 cm³/mol. The Kier molecular flexibility index (Phi) is 6.01. The van der Waals surface area contributed by atoms with E-state index in [4.69, 9.17) is 5.11 Å². The number of aliphatic hydroxyl groups is 1. The van der Waals surface area contributed by atoms with Crippen LogP contribution in [0.3, 0.4) is 0 Å². The van der Waals surface area contributed by atoms with Crippen molar-refractivity contribution in [2.45, 2.75) is 55.7 Å². The Hall–Kier alpha value is -0.910. The molecule has 2 atom stereocenters. The minimum atomic E-state index is -3.16. The van der Waals surface area contributed by atoms with Crippen molar-refractivity contribution in [2.75, 3.05) is 13.2 Å². The van der Waals surface area contributed by atoms with Crippen LogP contribution in [0.5, 0.6) is 0 Å². The van der Waals surface area contributed by atoms with Crippen LogP contribution < -0.4 is 5.32 Å². The van der Waals surface area contributed by atoms with Gasteiger partial charge in [0.15, 0.2) is 9.84 Å². The first kappa shape index (κ1) is 17.4. The van der Waals surface area contributed by atoms with Crippen molar-refractivity contribution in [2.24, 2.45) is 5.92 Å². The van der Waals surface area contributed by atoms with Gasteiger partial charge in [-0.2, -0.15) is 0 Å². The smallest absolute Gasteiger partial charge is 0.181 e.